The molecule has 2 fully saturated rings. The number of unbranched alkanes of at least 4 members (excludes halogenated alkanes) is 2. The van der Waals surface area contributed by atoms with E-state index in [4.69, 9.17) is 14.5 Å². The van der Waals surface area contributed by atoms with Gasteiger partial charge in [-0.05, 0) is 26.7 Å². The lowest BCUT2D eigenvalue weighted by atomic mass is 9.97. The van der Waals surface area contributed by atoms with Gasteiger partial charge in [-0.15, -0.1) is 0 Å². The fourth-order valence-electron chi connectivity index (χ4n) is 3.84. The van der Waals surface area contributed by atoms with Gasteiger partial charge in [-0.2, -0.15) is 0 Å². The van der Waals surface area contributed by atoms with Crippen molar-refractivity contribution in [3.63, 3.8) is 0 Å². The van der Waals surface area contributed by atoms with E-state index < -0.39 is 0 Å². The Morgan fingerprint density at radius 3 is 2.62 bits per heavy atom. The minimum atomic E-state index is 0.451. The van der Waals surface area contributed by atoms with Crippen LogP contribution in [0.25, 0.3) is 0 Å². The Labute approximate surface area is 160 Å². The number of nitrogens with zero attached hydrogens (tertiary/aromatic N) is 2. The van der Waals surface area contributed by atoms with Gasteiger partial charge in [0.15, 0.2) is 5.96 Å². The summed E-state index contributed by atoms with van der Waals surface area (Å²) in [4.78, 5) is 7.51. The standard InChI is InChI=1S/C20H40N4O2/c1-4-6-7-8-17(3)23-20(21-5-2)22-15-19(18-9-12-26-16-18)24-10-13-25-14-11-24/h17-19H,4-16H2,1-3H3,(H2,21,22,23). The zero-order chi connectivity index (χ0) is 18.6. The molecule has 0 aromatic carbocycles. The largest absolute Gasteiger partial charge is 0.381 e. The number of guanidine groups is 1. The van der Waals surface area contributed by atoms with Gasteiger partial charge in [-0.3, -0.25) is 9.89 Å². The van der Waals surface area contributed by atoms with Crippen molar-refractivity contribution >= 4 is 5.96 Å². The first-order chi connectivity index (χ1) is 12.7. The smallest absolute Gasteiger partial charge is 0.191 e. The fourth-order valence-corrected chi connectivity index (χ4v) is 3.84. The van der Waals surface area contributed by atoms with E-state index in [9.17, 15) is 0 Å². The molecule has 26 heavy (non-hydrogen) atoms. The third-order valence-electron chi connectivity index (χ3n) is 5.43. The molecule has 6 nitrogen and oxygen atoms in total. The summed E-state index contributed by atoms with van der Waals surface area (Å²) in [5.74, 6) is 1.54. The molecule has 0 amide bonds. The summed E-state index contributed by atoms with van der Waals surface area (Å²) in [5, 5.41) is 7.01. The molecule has 3 unspecified atom stereocenters. The number of ether oxygens (including phenoxy) is 2. The van der Waals surface area contributed by atoms with E-state index in [0.29, 0.717) is 18.0 Å². The van der Waals surface area contributed by atoms with E-state index in [1.807, 2.05) is 0 Å². The fraction of sp³-hybridized carbons (Fsp3) is 0.950. The molecule has 0 aromatic heterocycles. The van der Waals surface area contributed by atoms with E-state index in [1.165, 1.54) is 25.7 Å². The summed E-state index contributed by atoms with van der Waals surface area (Å²) >= 11 is 0. The third-order valence-corrected chi connectivity index (χ3v) is 5.43. The molecular weight excluding hydrogens is 328 g/mol. The first kappa shape index (κ1) is 21.5. The third kappa shape index (κ3) is 7.41. The lowest BCUT2D eigenvalue weighted by molar-refractivity contribution is 0.00368. The van der Waals surface area contributed by atoms with Gasteiger partial charge >= 0.3 is 0 Å². The van der Waals surface area contributed by atoms with Crippen LogP contribution in [0.4, 0.5) is 0 Å². The second-order valence-electron chi connectivity index (χ2n) is 7.60. The minimum absolute atomic E-state index is 0.451. The Balaban J connectivity index is 1.93. The van der Waals surface area contributed by atoms with Gasteiger partial charge in [0.25, 0.3) is 0 Å². The van der Waals surface area contributed by atoms with E-state index in [-0.39, 0.29) is 0 Å². The summed E-state index contributed by atoms with van der Waals surface area (Å²) < 4.78 is 11.2. The van der Waals surface area contributed by atoms with Crippen molar-refractivity contribution in [3.05, 3.63) is 0 Å². The zero-order valence-electron chi connectivity index (χ0n) is 17.1. The van der Waals surface area contributed by atoms with Gasteiger partial charge in [0.05, 0.1) is 26.4 Å². The number of nitrogens with one attached hydrogen (secondary N) is 2. The van der Waals surface area contributed by atoms with Gasteiger partial charge in [0.2, 0.25) is 0 Å². The van der Waals surface area contributed by atoms with Crippen LogP contribution < -0.4 is 10.6 Å². The Bertz CT molecular complexity index is 393. The topological polar surface area (TPSA) is 58.1 Å². The molecule has 2 N–H and O–H groups in total. The average Bonchev–Trinajstić information content (AvgIpc) is 3.17. The lowest BCUT2D eigenvalue weighted by Crippen LogP contribution is -2.49. The average molecular weight is 369 g/mol. The van der Waals surface area contributed by atoms with E-state index in [1.54, 1.807) is 0 Å². The van der Waals surface area contributed by atoms with Crippen LogP contribution in [0.2, 0.25) is 0 Å². The molecule has 152 valence electrons. The van der Waals surface area contributed by atoms with E-state index in [2.05, 4.69) is 36.3 Å². The number of hydrogen-bond donors (Lipinski definition) is 2. The van der Waals surface area contributed by atoms with Crippen molar-refractivity contribution in [2.75, 3.05) is 52.6 Å². The molecule has 2 saturated heterocycles. The summed E-state index contributed by atoms with van der Waals surface area (Å²) in [6.45, 7) is 13.8. The van der Waals surface area contributed by atoms with Gasteiger partial charge in [-0.25, -0.2) is 0 Å². The van der Waals surface area contributed by atoms with E-state index in [0.717, 1.165) is 65.0 Å². The van der Waals surface area contributed by atoms with Crippen molar-refractivity contribution in [1.29, 1.82) is 0 Å². The highest BCUT2D eigenvalue weighted by Crippen LogP contribution is 2.22. The molecule has 2 aliphatic heterocycles. The highest BCUT2D eigenvalue weighted by Gasteiger charge is 2.31. The van der Waals surface area contributed by atoms with Crippen molar-refractivity contribution in [3.8, 4) is 0 Å². The van der Waals surface area contributed by atoms with Gasteiger partial charge in [0, 0.05) is 44.2 Å². The van der Waals surface area contributed by atoms with Crippen LogP contribution in [-0.2, 0) is 9.47 Å². The highest BCUT2D eigenvalue weighted by molar-refractivity contribution is 5.80. The van der Waals surface area contributed by atoms with Crippen LogP contribution in [0.1, 0.15) is 52.9 Å². The van der Waals surface area contributed by atoms with Crippen LogP contribution in [0.5, 0.6) is 0 Å². The van der Waals surface area contributed by atoms with Crippen LogP contribution in [0.3, 0.4) is 0 Å². The Hall–Kier alpha value is -0.850. The monoisotopic (exact) mass is 368 g/mol. The predicted octanol–water partition coefficient (Wildman–Crippen LogP) is 2.25. The maximum Gasteiger partial charge on any atom is 0.191 e. The van der Waals surface area contributed by atoms with Crippen LogP contribution in [0, 0.1) is 5.92 Å². The number of morpholine rings is 1. The van der Waals surface area contributed by atoms with Crippen LogP contribution in [0.15, 0.2) is 4.99 Å². The molecule has 0 radical (unpaired) electrons. The first-order valence-electron chi connectivity index (χ1n) is 10.7. The number of aliphatic imine (C=N–C) groups is 1. The molecule has 6 heteroatoms. The van der Waals surface area contributed by atoms with Gasteiger partial charge in [0.1, 0.15) is 0 Å². The highest BCUT2D eigenvalue weighted by atomic mass is 16.5. The molecule has 3 atom stereocenters. The van der Waals surface area contributed by atoms with Crippen molar-refractivity contribution in [1.82, 2.24) is 15.5 Å². The SMILES string of the molecule is CCCCCC(C)NC(=NCC(C1CCOC1)N1CCOCC1)NCC. The van der Waals surface area contributed by atoms with Crippen LogP contribution in [-0.4, -0.2) is 75.5 Å². The van der Waals surface area contributed by atoms with Gasteiger partial charge in [-0.1, -0.05) is 26.2 Å². The summed E-state index contributed by atoms with van der Waals surface area (Å²) in [7, 11) is 0. The minimum Gasteiger partial charge on any atom is -0.381 e. The number of rotatable bonds is 10. The van der Waals surface area contributed by atoms with Crippen molar-refractivity contribution in [2.24, 2.45) is 10.9 Å². The first-order valence-corrected chi connectivity index (χ1v) is 10.7. The molecule has 0 aliphatic carbocycles. The Morgan fingerprint density at radius 1 is 1.15 bits per heavy atom. The second-order valence-corrected chi connectivity index (χ2v) is 7.60. The number of hydrogen-bond acceptors (Lipinski definition) is 4. The Morgan fingerprint density at radius 2 is 1.96 bits per heavy atom. The van der Waals surface area contributed by atoms with Gasteiger partial charge < -0.3 is 20.1 Å². The van der Waals surface area contributed by atoms with E-state index >= 15 is 0 Å². The maximum atomic E-state index is 5.67. The second kappa shape index (κ2) is 12.5. The van der Waals surface area contributed by atoms with Crippen LogP contribution >= 0.6 is 0 Å². The molecule has 0 saturated carbocycles. The molecule has 0 spiro atoms. The summed E-state index contributed by atoms with van der Waals surface area (Å²) in [6, 6.07) is 0.906. The Kier molecular flexibility index (Phi) is 10.3. The molecular formula is C20H40N4O2. The molecule has 2 rings (SSSR count). The molecule has 0 bridgehead atoms. The van der Waals surface area contributed by atoms with Crippen molar-refractivity contribution < 1.29 is 9.47 Å². The normalized spacial score (nSPS) is 24.4. The predicted molar refractivity (Wildman–Crippen MR) is 108 cm³/mol. The summed E-state index contributed by atoms with van der Waals surface area (Å²) in [5.41, 5.74) is 0. The maximum absolute atomic E-state index is 5.67. The lowest BCUT2D eigenvalue weighted by Gasteiger charge is -2.36. The molecule has 2 heterocycles. The van der Waals surface area contributed by atoms with Crippen molar-refractivity contribution in [2.45, 2.75) is 65.0 Å². The molecule has 2 aliphatic rings. The molecule has 0 aromatic rings. The summed E-state index contributed by atoms with van der Waals surface area (Å²) in [6.07, 6.45) is 6.20. The zero-order valence-corrected chi connectivity index (χ0v) is 17.1. The quantitative estimate of drug-likeness (QED) is 0.352.